The number of hydrogen-bond donors (Lipinski definition) is 2. The monoisotopic (exact) mass is 242 g/mol. The number of hydrogen-bond acceptors (Lipinski definition) is 3. The van der Waals surface area contributed by atoms with Gasteiger partial charge in [0.25, 0.3) is 0 Å². The standard InChI is InChI=1S/C14H14N2O2/c1-10-3-2-4-12(7-10)16-9-13-8-11(14(17)18)5-6-15-13/h2-8,16H,9H2,1H3,(H,17,18). The smallest absolute Gasteiger partial charge is 0.335 e. The van der Waals surface area contributed by atoms with Crippen molar-refractivity contribution < 1.29 is 9.90 Å². The number of carbonyl (C=O) groups is 1. The van der Waals surface area contributed by atoms with Gasteiger partial charge in [0.1, 0.15) is 0 Å². The molecule has 0 radical (unpaired) electrons. The first kappa shape index (κ1) is 12.1. The molecule has 0 saturated heterocycles. The van der Waals surface area contributed by atoms with E-state index in [1.807, 2.05) is 31.2 Å². The van der Waals surface area contributed by atoms with Gasteiger partial charge in [-0.2, -0.15) is 0 Å². The third-order valence-electron chi connectivity index (χ3n) is 2.56. The van der Waals surface area contributed by atoms with E-state index in [0.29, 0.717) is 12.2 Å². The van der Waals surface area contributed by atoms with Crippen LogP contribution in [-0.4, -0.2) is 16.1 Å². The predicted molar refractivity (Wildman–Crippen MR) is 69.7 cm³/mol. The third kappa shape index (κ3) is 3.07. The van der Waals surface area contributed by atoms with Gasteiger partial charge in [-0.05, 0) is 36.8 Å². The molecule has 0 bridgehead atoms. The minimum atomic E-state index is -0.936. The molecule has 4 nitrogen and oxygen atoms in total. The zero-order chi connectivity index (χ0) is 13.0. The van der Waals surface area contributed by atoms with E-state index >= 15 is 0 Å². The molecule has 4 heteroatoms. The van der Waals surface area contributed by atoms with Crippen LogP contribution in [0.4, 0.5) is 5.69 Å². The van der Waals surface area contributed by atoms with Crippen molar-refractivity contribution in [2.45, 2.75) is 13.5 Å². The number of rotatable bonds is 4. The lowest BCUT2D eigenvalue weighted by atomic mass is 10.2. The van der Waals surface area contributed by atoms with E-state index in [0.717, 1.165) is 5.69 Å². The molecule has 0 unspecified atom stereocenters. The molecule has 2 aromatic rings. The highest BCUT2D eigenvalue weighted by Gasteiger charge is 2.03. The molecule has 0 atom stereocenters. The Bertz CT molecular complexity index is 567. The highest BCUT2D eigenvalue weighted by Crippen LogP contribution is 2.11. The van der Waals surface area contributed by atoms with Crippen LogP contribution in [0.3, 0.4) is 0 Å². The minimum absolute atomic E-state index is 0.256. The number of aryl methyl sites for hydroxylation is 1. The van der Waals surface area contributed by atoms with Crippen molar-refractivity contribution in [3.8, 4) is 0 Å². The van der Waals surface area contributed by atoms with Gasteiger partial charge in [-0.3, -0.25) is 4.98 Å². The maximum Gasteiger partial charge on any atom is 0.335 e. The van der Waals surface area contributed by atoms with E-state index in [-0.39, 0.29) is 5.56 Å². The Kier molecular flexibility index (Phi) is 3.57. The van der Waals surface area contributed by atoms with Crippen molar-refractivity contribution in [3.63, 3.8) is 0 Å². The predicted octanol–water partition coefficient (Wildman–Crippen LogP) is 2.70. The molecule has 0 saturated carbocycles. The topological polar surface area (TPSA) is 62.2 Å². The largest absolute Gasteiger partial charge is 0.478 e. The SMILES string of the molecule is Cc1cccc(NCc2cc(C(=O)O)ccn2)c1. The number of aromatic carboxylic acids is 1. The Hall–Kier alpha value is -2.36. The fourth-order valence-corrected chi connectivity index (χ4v) is 1.66. The minimum Gasteiger partial charge on any atom is -0.478 e. The molecule has 18 heavy (non-hydrogen) atoms. The molecular weight excluding hydrogens is 228 g/mol. The lowest BCUT2D eigenvalue weighted by Gasteiger charge is -2.07. The van der Waals surface area contributed by atoms with Crippen molar-refractivity contribution in [2.75, 3.05) is 5.32 Å². The average molecular weight is 242 g/mol. The summed E-state index contributed by atoms with van der Waals surface area (Å²) in [6.45, 7) is 2.53. The van der Waals surface area contributed by atoms with E-state index in [9.17, 15) is 4.79 Å². The first-order valence-electron chi connectivity index (χ1n) is 5.64. The summed E-state index contributed by atoms with van der Waals surface area (Å²) in [6, 6.07) is 11.0. The first-order valence-corrected chi connectivity index (χ1v) is 5.64. The second kappa shape index (κ2) is 5.31. The maximum absolute atomic E-state index is 10.8. The van der Waals surface area contributed by atoms with Gasteiger partial charge in [0.15, 0.2) is 0 Å². The van der Waals surface area contributed by atoms with Crippen LogP contribution in [0.25, 0.3) is 0 Å². The van der Waals surface area contributed by atoms with Gasteiger partial charge in [-0.1, -0.05) is 12.1 Å². The summed E-state index contributed by atoms with van der Waals surface area (Å²) < 4.78 is 0. The summed E-state index contributed by atoms with van der Waals surface area (Å²) in [5.74, 6) is -0.936. The van der Waals surface area contributed by atoms with E-state index in [2.05, 4.69) is 10.3 Å². The lowest BCUT2D eigenvalue weighted by Crippen LogP contribution is -2.04. The quantitative estimate of drug-likeness (QED) is 0.865. The normalized spacial score (nSPS) is 10.1. The molecule has 2 N–H and O–H groups in total. The molecule has 0 fully saturated rings. The number of nitrogens with one attached hydrogen (secondary N) is 1. The number of carboxylic acids is 1. The fraction of sp³-hybridized carbons (Fsp3) is 0.143. The Labute approximate surface area is 105 Å². The van der Waals surface area contributed by atoms with Crippen LogP contribution in [-0.2, 0) is 6.54 Å². The molecular formula is C14H14N2O2. The lowest BCUT2D eigenvalue weighted by molar-refractivity contribution is 0.0696. The van der Waals surface area contributed by atoms with E-state index in [1.54, 1.807) is 6.07 Å². The summed E-state index contributed by atoms with van der Waals surface area (Å²) >= 11 is 0. The van der Waals surface area contributed by atoms with Gasteiger partial charge in [0, 0.05) is 11.9 Å². The highest BCUT2D eigenvalue weighted by molar-refractivity contribution is 5.87. The van der Waals surface area contributed by atoms with Crippen molar-refractivity contribution in [3.05, 3.63) is 59.4 Å². The molecule has 1 aromatic carbocycles. The van der Waals surface area contributed by atoms with E-state index in [4.69, 9.17) is 5.11 Å². The molecule has 0 spiro atoms. The van der Waals surface area contributed by atoms with Crippen LogP contribution in [0.1, 0.15) is 21.6 Å². The van der Waals surface area contributed by atoms with Gasteiger partial charge >= 0.3 is 5.97 Å². The summed E-state index contributed by atoms with van der Waals surface area (Å²) in [5.41, 5.74) is 3.13. The van der Waals surface area contributed by atoms with Gasteiger partial charge in [-0.15, -0.1) is 0 Å². The Morgan fingerprint density at radius 1 is 1.33 bits per heavy atom. The molecule has 0 aliphatic rings. The summed E-state index contributed by atoms with van der Waals surface area (Å²) in [6.07, 6.45) is 1.51. The molecule has 92 valence electrons. The Morgan fingerprint density at radius 3 is 2.89 bits per heavy atom. The van der Waals surface area contributed by atoms with Crippen molar-refractivity contribution in [2.24, 2.45) is 0 Å². The average Bonchev–Trinajstić information content (AvgIpc) is 2.37. The fourth-order valence-electron chi connectivity index (χ4n) is 1.66. The van der Waals surface area contributed by atoms with Crippen LogP contribution in [0.2, 0.25) is 0 Å². The van der Waals surface area contributed by atoms with Crippen molar-refractivity contribution >= 4 is 11.7 Å². The highest BCUT2D eigenvalue weighted by atomic mass is 16.4. The summed E-state index contributed by atoms with van der Waals surface area (Å²) in [7, 11) is 0. The first-order chi connectivity index (χ1) is 8.65. The van der Waals surface area contributed by atoms with Crippen LogP contribution in [0, 0.1) is 6.92 Å². The van der Waals surface area contributed by atoms with Gasteiger partial charge in [-0.25, -0.2) is 4.79 Å². The molecule has 2 rings (SSSR count). The zero-order valence-electron chi connectivity index (χ0n) is 10.1. The molecule has 0 amide bonds. The van der Waals surface area contributed by atoms with E-state index < -0.39 is 5.97 Å². The molecule has 0 aliphatic carbocycles. The van der Waals surface area contributed by atoms with E-state index in [1.165, 1.54) is 17.8 Å². The number of anilines is 1. The van der Waals surface area contributed by atoms with Gasteiger partial charge in [0.2, 0.25) is 0 Å². The second-order valence-corrected chi connectivity index (χ2v) is 4.06. The summed E-state index contributed by atoms with van der Waals surface area (Å²) in [5, 5.41) is 12.1. The van der Waals surface area contributed by atoms with Crippen molar-refractivity contribution in [1.29, 1.82) is 0 Å². The van der Waals surface area contributed by atoms with Gasteiger partial charge < -0.3 is 10.4 Å². The zero-order valence-corrected chi connectivity index (χ0v) is 10.1. The summed E-state index contributed by atoms with van der Waals surface area (Å²) in [4.78, 5) is 15.0. The number of pyridine rings is 1. The molecule has 1 aromatic heterocycles. The van der Waals surface area contributed by atoms with Crippen LogP contribution < -0.4 is 5.32 Å². The Balaban J connectivity index is 2.06. The number of aromatic nitrogens is 1. The molecule has 1 heterocycles. The number of nitrogens with zero attached hydrogens (tertiary/aromatic N) is 1. The second-order valence-electron chi connectivity index (χ2n) is 4.06. The maximum atomic E-state index is 10.8. The number of carboxylic acid groups (broad SMARTS) is 1. The van der Waals surface area contributed by atoms with Crippen molar-refractivity contribution in [1.82, 2.24) is 4.98 Å². The molecule has 0 aliphatic heterocycles. The van der Waals surface area contributed by atoms with Crippen LogP contribution in [0.15, 0.2) is 42.6 Å². The Morgan fingerprint density at radius 2 is 2.17 bits per heavy atom. The van der Waals surface area contributed by atoms with Gasteiger partial charge in [0.05, 0.1) is 17.8 Å². The van der Waals surface area contributed by atoms with Crippen LogP contribution in [0.5, 0.6) is 0 Å². The number of benzene rings is 1. The third-order valence-corrected chi connectivity index (χ3v) is 2.56. The van der Waals surface area contributed by atoms with Crippen LogP contribution >= 0.6 is 0 Å².